The van der Waals surface area contributed by atoms with Gasteiger partial charge >= 0.3 is 6.03 Å². The molecule has 0 spiro atoms. The molecular formula is C29H31F2N5O5. The average molecular weight is 568 g/mol. The molecule has 2 aromatic carbocycles. The predicted octanol–water partition coefficient (Wildman–Crippen LogP) is 3.14. The zero-order chi connectivity index (χ0) is 29.8. The van der Waals surface area contributed by atoms with Gasteiger partial charge in [-0.25, -0.2) is 13.6 Å². The van der Waals surface area contributed by atoms with E-state index in [0.717, 1.165) is 11.6 Å². The van der Waals surface area contributed by atoms with Gasteiger partial charge in [-0.2, -0.15) is 0 Å². The van der Waals surface area contributed by atoms with Crippen LogP contribution >= 0.6 is 0 Å². The molecule has 0 unspecified atom stereocenters. The molecule has 1 aromatic heterocycles. The maximum Gasteiger partial charge on any atom is 0.318 e. The van der Waals surface area contributed by atoms with E-state index in [1.807, 2.05) is 6.07 Å². The van der Waals surface area contributed by atoms with Crippen molar-refractivity contribution < 1.29 is 27.9 Å². The van der Waals surface area contributed by atoms with Crippen molar-refractivity contribution in [1.82, 2.24) is 25.0 Å². The molecule has 3 aromatic rings. The van der Waals surface area contributed by atoms with Gasteiger partial charge in [-0.1, -0.05) is 36.4 Å². The molecule has 2 bridgehead atoms. The van der Waals surface area contributed by atoms with E-state index >= 15 is 0 Å². The zero-order valence-electron chi connectivity index (χ0n) is 23.2. The van der Waals surface area contributed by atoms with Crippen molar-refractivity contribution in [3.8, 4) is 5.75 Å². The van der Waals surface area contributed by atoms with E-state index in [2.05, 4.69) is 10.6 Å². The van der Waals surface area contributed by atoms with Crippen LogP contribution < -0.4 is 20.8 Å². The number of rotatable bonds is 7. The third-order valence-electron chi connectivity index (χ3n) is 6.81. The second-order valence-corrected chi connectivity index (χ2v) is 9.95. The molecule has 4 amide bonds. The Hall–Kier alpha value is -4.74. The standard InChI is InChI=1S/C29H31F2N5O5/c1-17(2)36-16-33-29(40)34(3)14-22-23(27(38)32-13-19-10-11-20(30)12-21(19)31)25(37)26(24(28(36)39)35(22)4)41-15-18-8-6-5-7-9-18/h5-12,17H,13-16H2,1-4H3,(H,32,38)(H,33,40). The number of hydrogen-bond acceptors (Lipinski definition) is 5. The van der Waals surface area contributed by atoms with Crippen molar-refractivity contribution in [1.29, 1.82) is 0 Å². The summed E-state index contributed by atoms with van der Waals surface area (Å²) in [5.74, 6) is -3.41. The summed E-state index contributed by atoms with van der Waals surface area (Å²) in [5.41, 5.74) is -0.503. The lowest BCUT2D eigenvalue weighted by atomic mass is 10.1. The van der Waals surface area contributed by atoms with Crippen molar-refractivity contribution >= 4 is 17.8 Å². The lowest BCUT2D eigenvalue weighted by Gasteiger charge is -2.32. The van der Waals surface area contributed by atoms with Crippen LogP contribution in [0.2, 0.25) is 0 Å². The maximum atomic E-state index is 14.2. The fraction of sp³-hybridized carbons (Fsp3) is 0.310. The molecule has 2 N–H and O–H groups in total. The normalized spacial score (nSPS) is 13.7. The molecule has 216 valence electrons. The van der Waals surface area contributed by atoms with Gasteiger partial charge in [0.25, 0.3) is 11.8 Å². The molecule has 0 aliphatic carbocycles. The number of hydrogen-bond donors (Lipinski definition) is 2. The van der Waals surface area contributed by atoms with Gasteiger partial charge in [-0.3, -0.25) is 14.4 Å². The molecule has 1 aliphatic heterocycles. The van der Waals surface area contributed by atoms with Crippen molar-refractivity contribution in [2.24, 2.45) is 7.05 Å². The summed E-state index contributed by atoms with van der Waals surface area (Å²) in [5, 5.41) is 5.19. The van der Waals surface area contributed by atoms with Gasteiger partial charge in [0.2, 0.25) is 5.43 Å². The van der Waals surface area contributed by atoms with E-state index in [4.69, 9.17) is 4.74 Å². The number of ether oxygens (including phenoxy) is 1. The Morgan fingerprint density at radius 3 is 2.44 bits per heavy atom. The zero-order valence-corrected chi connectivity index (χ0v) is 23.2. The van der Waals surface area contributed by atoms with Crippen molar-refractivity contribution in [3.05, 3.63) is 98.5 Å². The summed E-state index contributed by atoms with van der Waals surface area (Å²) in [7, 11) is 3.00. The Kier molecular flexibility index (Phi) is 8.70. The molecule has 10 nitrogen and oxygen atoms in total. The highest BCUT2D eigenvalue weighted by molar-refractivity contribution is 6.00. The number of pyridine rings is 1. The minimum Gasteiger partial charge on any atom is -0.483 e. The first-order valence-electron chi connectivity index (χ1n) is 12.9. The molecule has 0 radical (unpaired) electrons. The summed E-state index contributed by atoms with van der Waals surface area (Å²) < 4.78 is 34.9. The van der Waals surface area contributed by atoms with Crippen molar-refractivity contribution in [2.45, 2.75) is 39.6 Å². The second kappa shape index (κ2) is 12.2. The first-order valence-corrected chi connectivity index (χ1v) is 12.9. The van der Waals surface area contributed by atoms with Crippen LogP contribution in [0.15, 0.2) is 53.3 Å². The number of nitrogens with zero attached hydrogens (tertiary/aromatic N) is 3. The molecule has 0 saturated carbocycles. The highest BCUT2D eigenvalue weighted by atomic mass is 19.1. The van der Waals surface area contributed by atoms with Crippen LogP contribution in [0.5, 0.6) is 5.75 Å². The monoisotopic (exact) mass is 567 g/mol. The fourth-order valence-corrected chi connectivity index (χ4v) is 4.47. The van der Waals surface area contributed by atoms with Gasteiger partial charge in [0.1, 0.15) is 23.8 Å². The van der Waals surface area contributed by atoms with Crippen LogP contribution in [0, 0.1) is 11.6 Å². The first kappa shape index (κ1) is 29.2. The van der Waals surface area contributed by atoms with E-state index in [1.165, 1.54) is 34.5 Å². The molecule has 1 aliphatic rings. The minimum atomic E-state index is -0.875. The van der Waals surface area contributed by atoms with E-state index in [0.29, 0.717) is 6.07 Å². The molecular weight excluding hydrogens is 536 g/mol. The largest absolute Gasteiger partial charge is 0.483 e. The average Bonchev–Trinajstić information content (AvgIpc) is 2.93. The molecule has 2 heterocycles. The second-order valence-electron chi connectivity index (χ2n) is 9.95. The highest BCUT2D eigenvalue weighted by Gasteiger charge is 2.34. The van der Waals surface area contributed by atoms with Crippen molar-refractivity contribution in [2.75, 3.05) is 13.7 Å². The van der Waals surface area contributed by atoms with Gasteiger partial charge in [-0.05, 0) is 25.5 Å². The summed E-state index contributed by atoms with van der Waals surface area (Å²) in [6, 6.07) is 11.0. The van der Waals surface area contributed by atoms with Crippen molar-refractivity contribution in [3.63, 3.8) is 0 Å². The molecule has 41 heavy (non-hydrogen) atoms. The third kappa shape index (κ3) is 6.21. The Bertz CT molecular complexity index is 1540. The van der Waals surface area contributed by atoms with Crippen LogP contribution in [0.1, 0.15) is 51.5 Å². The summed E-state index contributed by atoms with van der Waals surface area (Å²) in [4.78, 5) is 56.8. The summed E-state index contributed by atoms with van der Waals surface area (Å²) >= 11 is 0. The highest BCUT2D eigenvalue weighted by Crippen LogP contribution is 2.24. The van der Waals surface area contributed by atoms with Gasteiger partial charge in [0.15, 0.2) is 11.4 Å². The lowest BCUT2D eigenvalue weighted by molar-refractivity contribution is 0.0668. The molecule has 12 heteroatoms. The van der Waals surface area contributed by atoms with Crippen LogP contribution in [0.4, 0.5) is 13.6 Å². The molecule has 0 saturated heterocycles. The number of urea groups is 1. The number of amides is 4. The maximum absolute atomic E-state index is 14.2. The first-order chi connectivity index (χ1) is 19.5. The van der Waals surface area contributed by atoms with Crippen LogP contribution in [-0.4, -0.2) is 52.0 Å². The topological polar surface area (TPSA) is 113 Å². The molecule has 0 fully saturated rings. The molecule has 0 atom stereocenters. The van der Waals surface area contributed by atoms with Crippen LogP contribution in [0.3, 0.4) is 0 Å². The Balaban J connectivity index is 1.86. The number of benzene rings is 2. The predicted molar refractivity (Wildman–Crippen MR) is 146 cm³/mol. The quantitative estimate of drug-likeness (QED) is 0.456. The van der Waals surface area contributed by atoms with E-state index in [9.17, 15) is 28.0 Å². The Morgan fingerprint density at radius 1 is 1.07 bits per heavy atom. The number of carbonyl (C=O) groups is 3. The minimum absolute atomic E-state index is 0.00366. The summed E-state index contributed by atoms with van der Waals surface area (Å²) in [6.45, 7) is 2.81. The van der Waals surface area contributed by atoms with E-state index in [-0.39, 0.29) is 60.7 Å². The van der Waals surface area contributed by atoms with Gasteiger partial charge in [0.05, 0.1) is 18.9 Å². The number of aromatic nitrogens is 1. The molecule has 4 rings (SSSR count). The Labute approximate surface area is 235 Å². The Morgan fingerprint density at radius 2 is 1.78 bits per heavy atom. The van der Waals surface area contributed by atoms with Crippen LogP contribution in [-0.2, 0) is 26.7 Å². The summed E-state index contributed by atoms with van der Waals surface area (Å²) in [6.07, 6.45) is 0. The smallest absolute Gasteiger partial charge is 0.318 e. The van der Waals surface area contributed by atoms with Gasteiger partial charge < -0.3 is 29.7 Å². The third-order valence-corrected chi connectivity index (χ3v) is 6.81. The number of carbonyl (C=O) groups excluding carboxylic acids is 3. The van der Waals surface area contributed by atoms with Gasteiger partial charge in [0, 0.05) is 38.3 Å². The van der Waals surface area contributed by atoms with E-state index < -0.39 is 34.9 Å². The number of halogens is 2. The van der Waals surface area contributed by atoms with Crippen LogP contribution in [0.25, 0.3) is 0 Å². The SMILES string of the molecule is CC(C)N1CNC(=O)N(C)Cc2c(C(=O)NCc3ccc(F)cc3F)c(=O)c(OCc3ccccc3)c(n2C)C1=O. The number of nitrogens with one attached hydrogen (secondary N) is 2. The van der Waals surface area contributed by atoms with Gasteiger partial charge in [-0.15, -0.1) is 0 Å². The lowest BCUT2D eigenvalue weighted by Crippen LogP contribution is -2.50. The number of fused-ring (bicyclic) bond motifs is 2. The fourth-order valence-electron chi connectivity index (χ4n) is 4.47. The van der Waals surface area contributed by atoms with E-state index in [1.54, 1.807) is 38.1 Å².